The zero-order chi connectivity index (χ0) is 20.6. The van der Waals surface area contributed by atoms with Crippen molar-refractivity contribution in [3.05, 3.63) is 60.2 Å². The lowest BCUT2D eigenvalue weighted by Crippen LogP contribution is -2.47. The maximum absolute atomic E-state index is 12.7. The largest absolute Gasteiger partial charge is 0.325 e. The van der Waals surface area contributed by atoms with E-state index in [-0.39, 0.29) is 16.7 Å². The summed E-state index contributed by atoms with van der Waals surface area (Å²) in [5, 5.41) is 2.83. The molecular weight excluding hydrogens is 372 g/mol. The molecule has 2 aromatic rings. The zero-order valence-electron chi connectivity index (χ0n) is 16.8. The number of nitrogens with one attached hydrogen (secondary N) is 2. The van der Waals surface area contributed by atoms with Gasteiger partial charge in [-0.25, -0.2) is 8.42 Å². The quantitative estimate of drug-likeness (QED) is 0.580. The molecule has 152 valence electrons. The molecule has 0 aliphatic rings. The molecule has 0 saturated carbocycles. The lowest BCUT2D eigenvalue weighted by atomic mass is 10.0. The number of carbonyl (C=O) groups excluding carboxylic acids is 1. The number of hydrogen-bond acceptors (Lipinski definition) is 3. The predicted molar refractivity (Wildman–Crippen MR) is 114 cm³/mol. The van der Waals surface area contributed by atoms with Crippen LogP contribution in [0.5, 0.6) is 0 Å². The Morgan fingerprint density at radius 3 is 2.18 bits per heavy atom. The summed E-state index contributed by atoms with van der Waals surface area (Å²) in [4.78, 5) is 12.9. The maximum Gasteiger partial charge on any atom is 0.242 e. The van der Waals surface area contributed by atoms with Crippen molar-refractivity contribution in [2.45, 2.75) is 57.4 Å². The molecule has 0 saturated heterocycles. The Kier molecular flexibility index (Phi) is 8.20. The van der Waals surface area contributed by atoms with Gasteiger partial charge < -0.3 is 5.32 Å². The van der Waals surface area contributed by atoms with E-state index in [4.69, 9.17) is 0 Å². The van der Waals surface area contributed by atoms with Gasteiger partial charge in [-0.05, 0) is 48.6 Å². The fourth-order valence-corrected chi connectivity index (χ4v) is 4.25. The van der Waals surface area contributed by atoms with Crippen molar-refractivity contribution in [2.75, 3.05) is 5.32 Å². The zero-order valence-corrected chi connectivity index (χ0v) is 17.6. The van der Waals surface area contributed by atoms with Crippen LogP contribution in [-0.4, -0.2) is 20.4 Å². The van der Waals surface area contributed by atoms with Gasteiger partial charge in [0.15, 0.2) is 0 Å². The summed E-state index contributed by atoms with van der Waals surface area (Å²) in [6.45, 7) is 5.80. The van der Waals surface area contributed by atoms with Crippen molar-refractivity contribution < 1.29 is 13.2 Å². The topological polar surface area (TPSA) is 75.3 Å². The van der Waals surface area contributed by atoms with Gasteiger partial charge in [0, 0.05) is 5.69 Å². The van der Waals surface area contributed by atoms with Crippen LogP contribution in [-0.2, 0) is 21.2 Å². The average Bonchev–Trinajstić information content (AvgIpc) is 2.68. The van der Waals surface area contributed by atoms with Gasteiger partial charge in [0.2, 0.25) is 15.9 Å². The van der Waals surface area contributed by atoms with Crippen molar-refractivity contribution in [3.8, 4) is 0 Å². The van der Waals surface area contributed by atoms with Crippen LogP contribution in [0.15, 0.2) is 59.5 Å². The van der Waals surface area contributed by atoms with Gasteiger partial charge in [-0.3, -0.25) is 4.79 Å². The van der Waals surface area contributed by atoms with Crippen LogP contribution < -0.4 is 10.0 Å². The molecule has 2 aromatic carbocycles. The molecule has 1 atom stereocenters. The highest BCUT2D eigenvalue weighted by atomic mass is 32.2. The summed E-state index contributed by atoms with van der Waals surface area (Å²) in [7, 11) is -3.77. The monoisotopic (exact) mass is 402 g/mol. The lowest BCUT2D eigenvalue weighted by Gasteiger charge is -2.21. The summed E-state index contributed by atoms with van der Waals surface area (Å²) >= 11 is 0. The minimum atomic E-state index is -3.77. The van der Waals surface area contributed by atoms with Crippen molar-refractivity contribution >= 4 is 21.6 Å². The van der Waals surface area contributed by atoms with Gasteiger partial charge in [0.05, 0.1) is 4.90 Å². The summed E-state index contributed by atoms with van der Waals surface area (Å²) in [6, 6.07) is 14.9. The highest BCUT2D eigenvalue weighted by molar-refractivity contribution is 7.89. The Morgan fingerprint density at radius 2 is 1.61 bits per heavy atom. The molecule has 0 spiro atoms. The third-order valence-electron chi connectivity index (χ3n) is 4.58. The number of rotatable bonds is 10. The molecule has 5 nitrogen and oxygen atoms in total. The van der Waals surface area contributed by atoms with Crippen molar-refractivity contribution in [1.29, 1.82) is 0 Å². The molecule has 0 unspecified atom stereocenters. The lowest BCUT2D eigenvalue weighted by molar-refractivity contribution is -0.118. The van der Waals surface area contributed by atoms with E-state index < -0.39 is 16.1 Å². The molecule has 2 N–H and O–H groups in total. The first-order valence-electron chi connectivity index (χ1n) is 9.80. The molecule has 0 aliphatic heterocycles. The number of hydrogen-bond donors (Lipinski definition) is 2. The van der Waals surface area contributed by atoms with Crippen molar-refractivity contribution in [2.24, 2.45) is 5.92 Å². The summed E-state index contributed by atoms with van der Waals surface area (Å²) in [6.07, 6.45) is 4.56. The first-order chi connectivity index (χ1) is 13.3. The van der Waals surface area contributed by atoms with Crippen LogP contribution in [0.3, 0.4) is 0 Å². The number of sulfonamides is 1. The minimum absolute atomic E-state index is 0.143. The van der Waals surface area contributed by atoms with E-state index in [1.165, 1.54) is 30.5 Å². The van der Waals surface area contributed by atoms with E-state index in [9.17, 15) is 13.2 Å². The summed E-state index contributed by atoms with van der Waals surface area (Å²) in [5.74, 6) is -0.569. The highest BCUT2D eigenvalue weighted by Gasteiger charge is 2.28. The molecule has 0 fully saturated rings. The molecule has 0 heterocycles. The Balaban J connectivity index is 2.05. The maximum atomic E-state index is 12.7. The predicted octanol–water partition coefficient (Wildman–Crippen LogP) is 4.36. The Labute approximate surface area is 168 Å². The Bertz CT molecular complexity index is 847. The van der Waals surface area contributed by atoms with Crippen LogP contribution in [0.25, 0.3) is 0 Å². The number of unbranched alkanes of at least 4 members (excludes halogenated alkanes) is 2. The Morgan fingerprint density at radius 1 is 0.964 bits per heavy atom. The molecule has 6 heteroatoms. The van der Waals surface area contributed by atoms with Crippen LogP contribution >= 0.6 is 0 Å². The molecule has 0 aromatic heterocycles. The number of amides is 1. The average molecular weight is 403 g/mol. The molecular formula is C22H30N2O3S. The molecule has 1 amide bonds. The number of anilines is 1. The second-order valence-corrected chi connectivity index (χ2v) is 9.01. The van der Waals surface area contributed by atoms with Gasteiger partial charge in [0.1, 0.15) is 6.04 Å². The number of aryl methyl sites for hydroxylation is 1. The van der Waals surface area contributed by atoms with Gasteiger partial charge in [0.25, 0.3) is 0 Å². The van der Waals surface area contributed by atoms with Gasteiger partial charge >= 0.3 is 0 Å². The SMILES string of the molecule is CCCCCc1ccc(NC(=O)[C@@H](NS(=O)(=O)c2ccccc2)C(C)C)cc1. The molecule has 28 heavy (non-hydrogen) atoms. The van der Waals surface area contributed by atoms with Gasteiger partial charge in [-0.2, -0.15) is 4.72 Å². The summed E-state index contributed by atoms with van der Waals surface area (Å²) < 4.78 is 27.7. The van der Waals surface area contributed by atoms with E-state index in [1.54, 1.807) is 18.2 Å². The van der Waals surface area contributed by atoms with Crippen LogP contribution in [0, 0.1) is 5.92 Å². The van der Waals surface area contributed by atoms with Crippen LogP contribution in [0.2, 0.25) is 0 Å². The van der Waals surface area contributed by atoms with Crippen molar-refractivity contribution in [1.82, 2.24) is 4.72 Å². The fraction of sp³-hybridized carbons (Fsp3) is 0.409. The Hall–Kier alpha value is -2.18. The minimum Gasteiger partial charge on any atom is -0.325 e. The van der Waals surface area contributed by atoms with Crippen molar-refractivity contribution in [3.63, 3.8) is 0 Å². The molecule has 0 radical (unpaired) electrons. The first kappa shape index (κ1) is 22.1. The number of carbonyl (C=O) groups is 1. The molecule has 2 rings (SSSR count). The third kappa shape index (κ3) is 6.46. The van der Waals surface area contributed by atoms with E-state index in [1.807, 2.05) is 38.1 Å². The van der Waals surface area contributed by atoms with E-state index in [0.717, 1.165) is 12.8 Å². The fourth-order valence-electron chi connectivity index (χ4n) is 2.88. The summed E-state index contributed by atoms with van der Waals surface area (Å²) in [5.41, 5.74) is 1.89. The van der Waals surface area contributed by atoms with Gasteiger partial charge in [-0.1, -0.05) is 63.9 Å². The number of benzene rings is 2. The highest BCUT2D eigenvalue weighted by Crippen LogP contribution is 2.16. The second kappa shape index (κ2) is 10.4. The first-order valence-corrected chi connectivity index (χ1v) is 11.3. The standard InChI is InChI=1S/C22H30N2O3S/c1-4-5-7-10-18-13-15-19(16-14-18)23-22(25)21(17(2)3)24-28(26,27)20-11-8-6-9-12-20/h6,8-9,11-17,21,24H,4-5,7,10H2,1-3H3,(H,23,25)/t21-/m0/s1. The normalized spacial score (nSPS) is 12.7. The van der Waals surface area contributed by atoms with E-state index in [0.29, 0.717) is 5.69 Å². The van der Waals surface area contributed by atoms with Crippen LogP contribution in [0.1, 0.15) is 45.6 Å². The van der Waals surface area contributed by atoms with Crippen LogP contribution in [0.4, 0.5) is 5.69 Å². The third-order valence-corrected chi connectivity index (χ3v) is 6.03. The second-order valence-electron chi connectivity index (χ2n) is 7.30. The van der Waals surface area contributed by atoms with E-state index in [2.05, 4.69) is 17.0 Å². The molecule has 0 aliphatic carbocycles. The van der Waals surface area contributed by atoms with E-state index >= 15 is 0 Å². The van der Waals surface area contributed by atoms with Gasteiger partial charge in [-0.15, -0.1) is 0 Å². The molecule has 0 bridgehead atoms. The smallest absolute Gasteiger partial charge is 0.242 e.